The van der Waals surface area contributed by atoms with Gasteiger partial charge in [-0.2, -0.15) is 13.2 Å². The van der Waals surface area contributed by atoms with E-state index in [-0.39, 0.29) is 23.4 Å². The van der Waals surface area contributed by atoms with Crippen molar-refractivity contribution in [3.8, 4) is 0 Å². The van der Waals surface area contributed by atoms with Crippen LogP contribution in [-0.2, 0) is 10.9 Å². The highest BCUT2D eigenvalue weighted by Gasteiger charge is 2.33. The Balaban J connectivity index is 3.12. The number of carbonyl (C=O) groups excluding carboxylic acids is 1. The van der Waals surface area contributed by atoms with E-state index in [9.17, 15) is 18.0 Å². The molecule has 100 valence electrons. The van der Waals surface area contributed by atoms with Crippen LogP contribution >= 0.6 is 0 Å². The molecule has 0 aliphatic rings. The van der Waals surface area contributed by atoms with Crippen LogP contribution in [0.1, 0.15) is 34.8 Å². The van der Waals surface area contributed by atoms with E-state index in [4.69, 9.17) is 10.5 Å². The fourth-order valence-corrected chi connectivity index (χ4v) is 1.49. The van der Waals surface area contributed by atoms with Crippen LogP contribution < -0.4 is 5.73 Å². The summed E-state index contributed by atoms with van der Waals surface area (Å²) in [6, 6.07) is 1.89. The van der Waals surface area contributed by atoms with Crippen molar-refractivity contribution in [2.24, 2.45) is 0 Å². The van der Waals surface area contributed by atoms with Crippen molar-refractivity contribution >= 4 is 11.7 Å². The zero-order valence-corrected chi connectivity index (χ0v) is 10.1. The Bertz CT molecular complexity index is 455. The molecule has 0 saturated heterocycles. The minimum absolute atomic E-state index is 0.0334. The number of ether oxygens (including phenoxy) is 1. The van der Waals surface area contributed by atoms with Gasteiger partial charge < -0.3 is 10.5 Å². The Morgan fingerprint density at radius 3 is 2.50 bits per heavy atom. The van der Waals surface area contributed by atoms with Gasteiger partial charge >= 0.3 is 12.1 Å². The maximum Gasteiger partial charge on any atom is 0.416 e. The lowest BCUT2D eigenvalue weighted by Crippen LogP contribution is -2.14. The molecule has 2 N–H and O–H groups in total. The lowest BCUT2D eigenvalue weighted by atomic mass is 10.0. The number of nitrogens with two attached hydrogens (primary N) is 1. The summed E-state index contributed by atoms with van der Waals surface area (Å²) >= 11 is 0. The van der Waals surface area contributed by atoms with Gasteiger partial charge in [-0.15, -0.1) is 0 Å². The number of benzene rings is 1. The van der Waals surface area contributed by atoms with E-state index in [1.807, 2.05) is 6.92 Å². The summed E-state index contributed by atoms with van der Waals surface area (Å²) in [5, 5.41) is 0. The fraction of sp³-hybridized carbons (Fsp3) is 0.417. The third-order valence-electron chi connectivity index (χ3n) is 2.48. The first-order valence-corrected chi connectivity index (χ1v) is 5.42. The zero-order chi connectivity index (χ0) is 13.9. The molecule has 0 amide bonds. The van der Waals surface area contributed by atoms with E-state index < -0.39 is 17.7 Å². The average molecular weight is 261 g/mol. The van der Waals surface area contributed by atoms with Crippen LogP contribution in [0.2, 0.25) is 0 Å². The first-order chi connectivity index (χ1) is 8.29. The number of hydrogen-bond donors (Lipinski definition) is 1. The van der Waals surface area contributed by atoms with Gasteiger partial charge in [0, 0.05) is 5.69 Å². The van der Waals surface area contributed by atoms with Gasteiger partial charge in [-0.3, -0.25) is 0 Å². The van der Waals surface area contributed by atoms with Crippen molar-refractivity contribution in [1.29, 1.82) is 0 Å². The van der Waals surface area contributed by atoms with Crippen molar-refractivity contribution in [1.82, 2.24) is 0 Å². The highest BCUT2D eigenvalue weighted by molar-refractivity contribution is 5.96. The smallest absolute Gasteiger partial charge is 0.416 e. The molecule has 1 rings (SSSR count). The number of esters is 1. The maximum absolute atomic E-state index is 12.6. The van der Waals surface area contributed by atoms with E-state index in [0.717, 1.165) is 12.1 Å². The van der Waals surface area contributed by atoms with Gasteiger partial charge in [0.25, 0.3) is 0 Å². The molecule has 0 unspecified atom stereocenters. The molecule has 0 saturated carbocycles. The molecule has 1 aromatic carbocycles. The monoisotopic (exact) mass is 261 g/mol. The molecule has 6 heteroatoms. The largest absolute Gasteiger partial charge is 0.462 e. The second kappa shape index (κ2) is 5.29. The molecule has 0 aliphatic carbocycles. The first kappa shape index (κ1) is 14.3. The topological polar surface area (TPSA) is 52.3 Å². The van der Waals surface area contributed by atoms with Crippen LogP contribution in [-0.4, -0.2) is 12.6 Å². The van der Waals surface area contributed by atoms with Crippen molar-refractivity contribution in [3.63, 3.8) is 0 Å². The lowest BCUT2D eigenvalue weighted by molar-refractivity contribution is -0.138. The van der Waals surface area contributed by atoms with Gasteiger partial charge in [-0.25, -0.2) is 4.79 Å². The van der Waals surface area contributed by atoms with Gasteiger partial charge in [0.2, 0.25) is 0 Å². The fourth-order valence-electron chi connectivity index (χ4n) is 1.49. The predicted octanol–water partition coefficient (Wildman–Crippen LogP) is 3.16. The molecule has 0 atom stereocenters. The molecule has 0 fully saturated rings. The third kappa shape index (κ3) is 2.94. The molecule has 0 aromatic heterocycles. The number of alkyl halides is 3. The zero-order valence-electron chi connectivity index (χ0n) is 10.1. The molecule has 0 heterocycles. The van der Waals surface area contributed by atoms with E-state index in [1.54, 1.807) is 0 Å². The van der Waals surface area contributed by atoms with Crippen LogP contribution in [0.3, 0.4) is 0 Å². The number of anilines is 1. The highest BCUT2D eigenvalue weighted by Crippen LogP contribution is 2.35. The van der Waals surface area contributed by atoms with Gasteiger partial charge in [0.1, 0.15) is 0 Å². The van der Waals surface area contributed by atoms with Gasteiger partial charge in [0.05, 0.1) is 17.7 Å². The predicted molar refractivity (Wildman–Crippen MR) is 61.2 cm³/mol. The van der Waals surface area contributed by atoms with Crippen molar-refractivity contribution in [2.75, 3.05) is 12.3 Å². The van der Waals surface area contributed by atoms with E-state index >= 15 is 0 Å². The number of rotatable bonds is 3. The van der Waals surface area contributed by atoms with E-state index in [2.05, 4.69) is 0 Å². The van der Waals surface area contributed by atoms with Crippen LogP contribution in [0.15, 0.2) is 12.1 Å². The number of carbonyl (C=O) groups is 1. The van der Waals surface area contributed by atoms with Gasteiger partial charge in [-0.05, 0) is 31.0 Å². The summed E-state index contributed by atoms with van der Waals surface area (Å²) in [7, 11) is 0. The minimum atomic E-state index is -4.48. The standard InChI is InChI=1S/C12H14F3NO2/c1-3-6-18-11(17)8-4-5-9(12(13,14)15)7(2)10(8)16/h4-5H,3,6,16H2,1-2H3. The third-order valence-corrected chi connectivity index (χ3v) is 2.48. The molecular weight excluding hydrogens is 247 g/mol. The number of halogens is 3. The summed E-state index contributed by atoms with van der Waals surface area (Å²) in [6.45, 7) is 3.25. The summed E-state index contributed by atoms with van der Waals surface area (Å²) in [6.07, 6.45) is -3.85. The SMILES string of the molecule is CCCOC(=O)c1ccc(C(F)(F)F)c(C)c1N. The molecule has 18 heavy (non-hydrogen) atoms. The van der Waals surface area contributed by atoms with Crippen LogP contribution in [0.25, 0.3) is 0 Å². The molecule has 1 aromatic rings. The van der Waals surface area contributed by atoms with E-state index in [1.165, 1.54) is 6.92 Å². The normalized spacial score (nSPS) is 11.4. The van der Waals surface area contributed by atoms with Crippen LogP contribution in [0.5, 0.6) is 0 Å². The Labute approximate surface area is 103 Å². The second-order valence-corrected chi connectivity index (χ2v) is 3.83. The molecule has 0 radical (unpaired) electrons. The van der Waals surface area contributed by atoms with Gasteiger partial charge in [0.15, 0.2) is 0 Å². The van der Waals surface area contributed by atoms with Crippen molar-refractivity contribution < 1.29 is 22.7 Å². The Kier molecular flexibility index (Phi) is 4.21. The molecule has 0 spiro atoms. The Hall–Kier alpha value is -1.72. The molecule has 3 nitrogen and oxygen atoms in total. The van der Waals surface area contributed by atoms with Crippen molar-refractivity contribution in [3.05, 3.63) is 28.8 Å². The quantitative estimate of drug-likeness (QED) is 0.671. The summed E-state index contributed by atoms with van der Waals surface area (Å²) in [5.41, 5.74) is 4.33. The molecule has 0 bridgehead atoms. The number of hydrogen-bond acceptors (Lipinski definition) is 3. The summed E-state index contributed by atoms with van der Waals surface area (Å²) in [5.74, 6) is -0.703. The van der Waals surface area contributed by atoms with Gasteiger partial charge in [-0.1, -0.05) is 6.92 Å². The van der Waals surface area contributed by atoms with Crippen molar-refractivity contribution in [2.45, 2.75) is 26.4 Å². The van der Waals surface area contributed by atoms with E-state index in [0.29, 0.717) is 6.42 Å². The molecular formula is C12H14F3NO2. The summed E-state index contributed by atoms with van der Waals surface area (Å²) in [4.78, 5) is 11.6. The Morgan fingerprint density at radius 1 is 1.39 bits per heavy atom. The Morgan fingerprint density at radius 2 is 2.00 bits per heavy atom. The average Bonchev–Trinajstić information content (AvgIpc) is 2.27. The first-order valence-electron chi connectivity index (χ1n) is 5.42. The summed E-state index contributed by atoms with van der Waals surface area (Å²) < 4.78 is 42.6. The highest BCUT2D eigenvalue weighted by atomic mass is 19.4. The number of nitrogen functional groups attached to an aromatic ring is 1. The maximum atomic E-state index is 12.6. The van der Waals surface area contributed by atoms with Crippen LogP contribution in [0, 0.1) is 6.92 Å². The molecule has 0 aliphatic heterocycles. The lowest BCUT2D eigenvalue weighted by Gasteiger charge is -2.14. The second-order valence-electron chi connectivity index (χ2n) is 3.83. The van der Waals surface area contributed by atoms with Crippen LogP contribution in [0.4, 0.5) is 18.9 Å². The minimum Gasteiger partial charge on any atom is -0.462 e.